The molecule has 2 unspecified atom stereocenters. The zero-order valence-electron chi connectivity index (χ0n) is 11.4. The maximum Gasteiger partial charge on any atom is 0.337 e. The van der Waals surface area contributed by atoms with Crippen LogP contribution < -0.4 is 5.32 Å². The molecule has 104 valence electrons. The Morgan fingerprint density at radius 3 is 2.95 bits per heavy atom. The summed E-state index contributed by atoms with van der Waals surface area (Å²) in [7, 11) is 1.40. The summed E-state index contributed by atoms with van der Waals surface area (Å²) in [6.45, 7) is 3.07. The monoisotopic (exact) mass is 325 g/mol. The summed E-state index contributed by atoms with van der Waals surface area (Å²) in [5.74, 6) is 0.559. The molecule has 1 aromatic carbocycles. The second-order valence-corrected chi connectivity index (χ2v) is 5.92. The molecule has 19 heavy (non-hydrogen) atoms. The van der Waals surface area contributed by atoms with Gasteiger partial charge in [0.05, 0.1) is 12.7 Å². The number of nitrogens with one attached hydrogen (secondary N) is 1. The fourth-order valence-corrected chi connectivity index (χ4v) is 2.88. The number of halogens is 1. The summed E-state index contributed by atoms with van der Waals surface area (Å²) < 4.78 is 5.66. The van der Waals surface area contributed by atoms with Crippen molar-refractivity contribution in [2.45, 2.75) is 38.8 Å². The van der Waals surface area contributed by atoms with E-state index in [-0.39, 0.29) is 5.97 Å². The molecule has 2 rings (SSSR count). The minimum Gasteiger partial charge on any atom is -0.465 e. The fourth-order valence-electron chi connectivity index (χ4n) is 2.36. The van der Waals surface area contributed by atoms with Gasteiger partial charge in [-0.25, -0.2) is 4.79 Å². The molecular weight excluding hydrogens is 306 g/mol. The third kappa shape index (κ3) is 3.80. The number of ether oxygens (including phenoxy) is 1. The highest BCUT2D eigenvalue weighted by atomic mass is 79.9. The summed E-state index contributed by atoms with van der Waals surface area (Å²) in [6.07, 6.45) is 3.88. The fraction of sp³-hybridized carbons (Fsp3) is 0.533. The van der Waals surface area contributed by atoms with Crippen molar-refractivity contribution in [3.05, 3.63) is 33.8 Å². The van der Waals surface area contributed by atoms with Gasteiger partial charge in [0.1, 0.15) is 0 Å². The van der Waals surface area contributed by atoms with Gasteiger partial charge in [0.15, 0.2) is 0 Å². The smallest absolute Gasteiger partial charge is 0.337 e. The molecule has 0 amide bonds. The molecule has 0 spiro atoms. The third-order valence-corrected chi connectivity index (χ3v) is 4.35. The largest absolute Gasteiger partial charge is 0.465 e. The Kier molecular flexibility index (Phi) is 4.99. The first-order chi connectivity index (χ1) is 9.15. The zero-order valence-corrected chi connectivity index (χ0v) is 13.0. The van der Waals surface area contributed by atoms with E-state index >= 15 is 0 Å². The van der Waals surface area contributed by atoms with Crippen LogP contribution in [0.15, 0.2) is 22.7 Å². The maximum atomic E-state index is 11.4. The van der Waals surface area contributed by atoms with Gasteiger partial charge in [0.25, 0.3) is 0 Å². The van der Waals surface area contributed by atoms with Crippen molar-refractivity contribution < 1.29 is 9.53 Å². The predicted octanol–water partition coefficient (Wildman–Crippen LogP) is 3.51. The maximum absolute atomic E-state index is 11.4. The Bertz CT molecular complexity index is 461. The highest BCUT2D eigenvalue weighted by molar-refractivity contribution is 9.10. The number of rotatable bonds is 6. The van der Waals surface area contributed by atoms with E-state index in [1.165, 1.54) is 31.9 Å². The van der Waals surface area contributed by atoms with Gasteiger partial charge < -0.3 is 10.1 Å². The number of methoxy groups -OCH3 is 1. The van der Waals surface area contributed by atoms with Crippen LogP contribution in [0.5, 0.6) is 0 Å². The van der Waals surface area contributed by atoms with E-state index in [2.05, 4.69) is 28.2 Å². The van der Waals surface area contributed by atoms with Crippen molar-refractivity contribution in [2.24, 2.45) is 5.92 Å². The minimum atomic E-state index is -0.301. The number of carbonyl (C=O) groups excluding carboxylic acids is 1. The second-order valence-electron chi connectivity index (χ2n) is 5.07. The van der Waals surface area contributed by atoms with Gasteiger partial charge >= 0.3 is 5.97 Å². The van der Waals surface area contributed by atoms with E-state index in [1.807, 2.05) is 18.2 Å². The molecule has 2 atom stereocenters. The molecule has 0 saturated heterocycles. The van der Waals surface area contributed by atoms with Crippen molar-refractivity contribution in [3.63, 3.8) is 0 Å². The van der Waals surface area contributed by atoms with Gasteiger partial charge in [-0.15, -0.1) is 0 Å². The van der Waals surface area contributed by atoms with Gasteiger partial charge in [-0.05, 0) is 36.5 Å². The van der Waals surface area contributed by atoms with Crippen LogP contribution >= 0.6 is 15.9 Å². The molecule has 1 saturated carbocycles. The second kappa shape index (κ2) is 6.53. The zero-order chi connectivity index (χ0) is 13.8. The SMILES string of the molecule is CCCC1CC1NCc1ccc(C(=O)OC)cc1Br. The average Bonchev–Trinajstić information content (AvgIpc) is 3.15. The highest BCUT2D eigenvalue weighted by Crippen LogP contribution is 2.35. The van der Waals surface area contributed by atoms with Crippen molar-refractivity contribution in [3.8, 4) is 0 Å². The first-order valence-electron chi connectivity index (χ1n) is 6.75. The summed E-state index contributed by atoms with van der Waals surface area (Å²) >= 11 is 3.51. The number of carbonyl (C=O) groups is 1. The Morgan fingerprint density at radius 2 is 2.32 bits per heavy atom. The Labute approximate surface area is 122 Å². The quantitative estimate of drug-likeness (QED) is 0.813. The molecule has 1 aliphatic rings. The molecule has 1 aliphatic carbocycles. The Morgan fingerprint density at radius 1 is 1.53 bits per heavy atom. The van der Waals surface area contributed by atoms with Crippen LogP contribution in [0.1, 0.15) is 42.1 Å². The standard InChI is InChI=1S/C15H20BrNO2/c1-3-4-10-8-14(10)17-9-12-6-5-11(7-13(12)16)15(18)19-2/h5-7,10,14,17H,3-4,8-9H2,1-2H3. The molecule has 0 bridgehead atoms. The van der Waals surface area contributed by atoms with Gasteiger partial charge in [-0.2, -0.15) is 0 Å². The van der Waals surface area contributed by atoms with Crippen LogP contribution in [-0.4, -0.2) is 19.1 Å². The van der Waals surface area contributed by atoms with Crippen LogP contribution in [0, 0.1) is 5.92 Å². The van der Waals surface area contributed by atoms with Gasteiger partial charge in [0, 0.05) is 17.1 Å². The van der Waals surface area contributed by atoms with E-state index in [9.17, 15) is 4.79 Å². The molecule has 0 aliphatic heterocycles. The van der Waals surface area contributed by atoms with Crippen molar-refractivity contribution in [1.82, 2.24) is 5.32 Å². The van der Waals surface area contributed by atoms with Gasteiger partial charge in [-0.3, -0.25) is 0 Å². The molecule has 4 heteroatoms. The number of benzene rings is 1. The van der Waals surface area contributed by atoms with Crippen LogP contribution in [-0.2, 0) is 11.3 Å². The molecule has 1 aromatic rings. The molecule has 1 fully saturated rings. The van der Waals surface area contributed by atoms with E-state index in [4.69, 9.17) is 4.74 Å². The van der Waals surface area contributed by atoms with Crippen LogP contribution in [0.2, 0.25) is 0 Å². The lowest BCUT2D eigenvalue weighted by molar-refractivity contribution is 0.0600. The lowest BCUT2D eigenvalue weighted by atomic mass is 10.1. The first-order valence-corrected chi connectivity index (χ1v) is 7.55. The summed E-state index contributed by atoms with van der Waals surface area (Å²) in [5, 5.41) is 3.57. The lowest BCUT2D eigenvalue weighted by Gasteiger charge is -2.08. The van der Waals surface area contributed by atoms with Crippen LogP contribution in [0.4, 0.5) is 0 Å². The Balaban J connectivity index is 1.89. The summed E-state index contributed by atoms with van der Waals surface area (Å²) in [4.78, 5) is 11.4. The highest BCUT2D eigenvalue weighted by Gasteiger charge is 2.35. The number of hydrogen-bond acceptors (Lipinski definition) is 3. The third-order valence-electron chi connectivity index (χ3n) is 3.61. The molecular formula is C15H20BrNO2. The molecule has 1 N–H and O–H groups in total. The molecule has 0 aromatic heterocycles. The van der Waals surface area contributed by atoms with Gasteiger partial charge in [-0.1, -0.05) is 35.3 Å². The number of hydrogen-bond donors (Lipinski definition) is 1. The van der Waals surface area contributed by atoms with Crippen molar-refractivity contribution in [1.29, 1.82) is 0 Å². The van der Waals surface area contributed by atoms with Gasteiger partial charge in [0.2, 0.25) is 0 Å². The van der Waals surface area contributed by atoms with Crippen LogP contribution in [0.25, 0.3) is 0 Å². The van der Waals surface area contributed by atoms with E-state index < -0.39 is 0 Å². The lowest BCUT2D eigenvalue weighted by Crippen LogP contribution is -2.18. The molecule has 0 heterocycles. The molecule has 3 nitrogen and oxygen atoms in total. The van der Waals surface area contributed by atoms with Crippen LogP contribution in [0.3, 0.4) is 0 Å². The molecule has 0 radical (unpaired) electrons. The number of esters is 1. The van der Waals surface area contributed by atoms with E-state index in [0.29, 0.717) is 11.6 Å². The minimum absolute atomic E-state index is 0.301. The normalized spacial score (nSPS) is 21.2. The summed E-state index contributed by atoms with van der Waals surface area (Å²) in [5.41, 5.74) is 1.75. The van der Waals surface area contributed by atoms with Crippen molar-refractivity contribution >= 4 is 21.9 Å². The van der Waals surface area contributed by atoms with E-state index in [1.54, 1.807) is 0 Å². The predicted molar refractivity (Wildman–Crippen MR) is 79.1 cm³/mol. The topological polar surface area (TPSA) is 38.3 Å². The summed E-state index contributed by atoms with van der Waals surface area (Å²) in [6, 6.07) is 6.27. The van der Waals surface area contributed by atoms with Crippen molar-refractivity contribution in [2.75, 3.05) is 7.11 Å². The average molecular weight is 326 g/mol. The Hall–Kier alpha value is -0.870. The van der Waals surface area contributed by atoms with E-state index in [0.717, 1.165) is 16.9 Å². The first kappa shape index (κ1) is 14.5.